The van der Waals surface area contributed by atoms with Crippen LogP contribution in [0.2, 0.25) is 0 Å². The van der Waals surface area contributed by atoms with Crippen LogP contribution in [0.5, 0.6) is 5.75 Å². The lowest BCUT2D eigenvalue weighted by molar-refractivity contribution is 0.446. The third kappa shape index (κ3) is 8.17. The van der Waals surface area contributed by atoms with E-state index in [1.165, 1.54) is 4.57 Å². The Balaban J connectivity index is 1.50. The zero-order chi connectivity index (χ0) is 60.0. The maximum absolute atomic E-state index is 13.1. The SMILES string of the molecule is [2H]C([2H])([2H])C(c1cc(-c2nc3c(-c4cc(-c5cc(-c6ccccc6)ccn5)cc(C(C)(C)C)c4)cccc3n2-c2ccc(-c3ccccc3)cc2-c2ccccc2)c(O)c(C(C([2H])([2H])[2H])(C([2H])([2H])[2H])C([2H])([2H])[2H])c1)(C([2H])([2H])[2H])C([2H])([2H])[2H]. The average molecular weight is 854 g/mol. The molecule has 0 saturated carbocycles. The van der Waals surface area contributed by atoms with Gasteiger partial charge in [0.1, 0.15) is 11.6 Å². The summed E-state index contributed by atoms with van der Waals surface area (Å²) in [6.07, 6.45) is 1.72. The van der Waals surface area contributed by atoms with Gasteiger partial charge in [0.25, 0.3) is 0 Å². The highest BCUT2D eigenvalue weighted by Gasteiger charge is 2.29. The van der Waals surface area contributed by atoms with Crippen molar-refractivity contribution in [2.45, 2.75) is 78.1 Å². The van der Waals surface area contributed by atoms with Crippen molar-refractivity contribution in [2.24, 2.45) is 0 Å². The smallest absolute Gasteiger partial charge is 0.149 e. The average Bonchev–Trinajstić information content (AvgIpc) is 0.888. The van der Waals surface area contributed by atoms with Gasteiger partial charge in [-0.25, -0.2) is 4.98 Å². The monoisotopic (exact) mass is 854 g/mol. The standard InChI is InChI=1S/C60H57N3O/c1-58(2,3)46-33-44(32-45(34-46)52-36-43(30-31-61-52)40-22-15-11-16-23-40)48-26-19-27-54-55(48)62-57(50-37-47(59(4,5)6)38-51(56(50)64)60(7,8)9)63(54)53-29-28-42(39-20-13-10-14-21-39)35-49(53)41-24-17-12-18-25-41/h10-38,64H,1-9H3/i4D3,5D3,6D3,7D3,8D3,9D3. The van der Waals surface area contributed by atoms with E-state index in [9.17, 15) is 5.11 Å². The number of hydrogen-bond donors (Lipinski definition) is 1. The van der Waals surface area contributed by atoms with Crippen LogP contribution in [-0.4, -0.2) is 19.6 Å². The Morgan fingerprint density at radius 3 is 1.72 bits per heavy atom. The van der Waals surface area contributed by atoms with Crippen molar-refractivity contribution in [2.75, 3.05) is 0 Å². The van der Waals surface area contributed by atoms with Crippen LogP contribution in [-0.2, 0) is 16.2 Å². The summed E-state index contributed by atoms with van der Waals surface area (Å²) in [5.41, 5.74) is -3.42. The molecule has 4 heteroatoms. The largest absolute Gasteiger partial charge is 0.507 e. The van der Waals surface area contributed by atoms with E-state index in [1.54, 1.807) is 48.7 Å². The van der Waals surface area contributed by atoms with Gasteiger partial charge in [0.15, 0.2) is 0 Å². The van der Waals surface area contributed by atoms with Gasteiger partial charge in [-0.15, -0.1) is 0 Å². The molecule has 7 aromatic carbocycles. The first kappa shape index (κ1) is 25.9. The Morgan fingerprint density at radius 1 is 0.469 bits per heavy atom. The fourth-order valence-corrected chi connectivity index (χ4v) is 8.22. The van der Waals surface area contributed by atoms with Gasteiger partial charge in [0, 0.05) is 53.1 Å². The van der Waals surface area contributed by atoms with Crippen molar-refractivity contribution < 1.29 is 29.8 Å². The van der Waals surface area contributed by atoms with Gasteiger partial charge in [-0.1, -0.05) is 183 Å². The van der Waals surface area contributed by atoms with E-state index in [4.69, 9.17) is 34.6 Å². The quantitative estimate of drug-likeness (QED) is 0.174. The number of phenols is 1. The minimum Gasteiger partial charge on any atom is -0.507 e. The Hall–Kier alpha value is -7.04. The van der Waals surface area contributed by atoms with E-state index >= 15 is 0 Å². The molecule has 0 aliphatic heterocycles. The van der Waals surface area contributed by atoms with Crippen LogP contribution in [0, 0.1) is 0 Å². The summed E-state index contributed by atoms with van der Waals surface area (Å²) in [4.78, 5) is 10.0. The third-order valence-corrected chi connectivity index (χ3v) is 11.6. The van der Waals surface area contributed by atoms with Gasteiger partial charge in [-0.2, -0.15) is 0 Å². The summed E-state index contributed by atoms with van der Waals surface area (Å²) in [6.45, 7) is -18.4. The number of imidazole rings is 1. The van der Waals surface area contributed by atoms with Crippen molar-refractivity contribution in [3.63, 3.8) is 0 Å². The highest BCUT2D eigenvalue weighted by molar-refractivity contribution is 5.98. The minimum absolute atomic E-state index is 0.181. The zero-order valence-electron chi connectivity index (χ0n) is 53.5. The molecule has 4 nitrogen and oxygen atoms in total. The number of aromatic nitrogens is 3. The molecule has 0 aliphatic rings. The molecule has 318 valence electrons. The summed E-state index contributed by atoms with van der Waals surface area (Å²) >= 11 is 0. The van der Waals surface area contributed by atoms with Gasteiger partial charge in [0.05, 0.1) is 28.0 Å². The molecule has 0 unspecified atom stereocenters. The molecule has 9 rings (SSSR count). The summed E-state index contributed by atoms with van der Waals surface area (Å²) < 4.78 is 160. The van der Waals surface area contributed by atoms with Crippen LogP contribution in [0.1, 0.15) is 103 Å². The van der Waals surface area contributed by atoms with Crippen LogP contribution in [0.15, 0.2) is 176 Å². The number of pyridine rings is 1. The number of rotatable bonds is 7. The summed E-state index contributed by atoms with van der Waals surface area (Å²) in [5, 5.41) is 13.1. The summed E-state index contributed by atoms with van der Waals surface area (Å²) in [6, 6.07) is 49.8. The second kappa shape index (κ2) is 16.3. The molecule has 0 radical (unpaired) electrons. The number of fused-ring (bicyclic) bond motifs is 1. The number of aromatic hydroxyl groups is 1. The van der Waals surface area contributed by atoms with Crippen molar-refractivity contribution >= 4 is 11.0 Å². The molecule has 0 fully saturated rings. The fraction of sp³-hybridized carbons (Fsp3) is 0.200. The Labute approximate surface area is 404 Å². The number of para-hydroxylation sites is 1. The van der Waals surface area contributed by atoms with Gasteiger partial charge < -0.3 is 5.11 Å². The predicted molar refractivity (Wildman–Crippen MR) is 269 cm³/mol. The first-order chi connectivity index (χ1) is 38.0. The third-order valence-electron chi connectivity index (χ3n) is 11.6. The topological polar surface area (TPSA) is 50.9 Å². The van der Waals surface area contributed by atoms with E-state index in [2.05, 4.69) is 0 Å². The Bertz CT molecular complexity index is 3760. The summed E-state index contributed by atoms with van der Waals surface area (Å²) in [5.74, 6) is -1.77. The lowest BCUT2D eigenvalue weighted by atomic mass is 9.79. The molecule has 0 spiro atoms. The van der Waals surface area contributed by atoms with Crippen LogP contribution < -0.4 is 0 Å². The van der Waals surface area contributed by atoms with Crippen molar-refractivity contribution in [3.8, 4) is 78.6 Å². The first-order valence-corrected chi connectivity index (χ1v) is 20.9. The Kier molecular flexibility index (Phi) is 6.58. The van der Waals surface area contributed by atoms with E-state index in [0.717, 1.165) is 39.4 Å². The van der Waals surface area contributed by atoms with Crippen molar-refractivity contribution in [3.05, 3.63) is 193 Å². The lowest BCUT2D eigenvalue weighted by Crippen LogP contribution is -2.17. The van der Waals surface area contributed by atoms with Gasteiger partial charge in [-0.3, -0.25) is 9.55 Å². The minimum atomic E-state index is -4.14. The molecule has 0 atom stereocenters. The molecule has 0 saturated heterocycles. The highest BCUT2D eigenvalue weighted by atomic mass is 16.3. The molecule has 0 aliphatic carbocycles. The second-order valence-corrected chi connectivity index (χ2v) is 17.2. The molecule has 9 aromatic rings. The van der Waals surface area contributed by atoms with Crippen molar-refractivity contribution in [1.29, 1.82) is 0 Å². The van der Waals surface area contributed by atoms with E-state index in [-0.39, 0.29) is 11.0 Å². The molecule has 2 aromatic heterocycles. The van der Waals surface area contributed by atoms with E-state index in [0.29, 0.717) is 39.7 Å². The molecule has 0 amide bonds. The van der Waals surface area contributed by atoms with Crippen molar-refractivity contribution in [1.82, 2.24) is 14.5 Å². The first-order valence-electron chi connectivity index (χ1n) is 29.9. The maximum Gasteiger partial charge on any atom is 0.149 e. The number of hydrogen-bond acceptors (Lipinski definition) is 3. The molecule has 2 heterocycles. The Morgan fingerprint density at radius 2 is 1.08 bits per heavy atom. The molecular weight excluding hydrogens is 779 g/mol. The molecular formula is C60H57N3O. The van der Waals surface area contributed by atoms with Gasteiger partial charge in [-0.05, 0) is 109 Å². The van der Waals surface area contributed by atoms with Crippen LogP contribution in [0.3, 0.4) is 0 Å². The predicted octanol–water partition coefficient (Wildman–Crippen LogP) is 16.0. The second-order valence-electron chi connectivity index (χ2n) is 17.2. The van der Waals surface area contributed by atoms with Crippen LogP contribution in [0.4, 0.5) is 0 Å². The maximum atomic E-state index is 13.1. The van der Waals surface area contributed by atoms with Crippen LogP contribution in [0.25, 0.3) is 83.9 Å². The molecule has 1 N–H and O–H groups in total. The summed E-state index contributed by atoms with van der Waals surface area (Å²) in [7, 11) is 0. The number of benzene rings is 7. The number of nitrogens with zero attached hydrogens (tertiary/aromatic N) is 3. The molecule has 64 heavy (non-hydrogen) atoms. The van der Waals surface area contributed by atoms with E-state index in [1.807, 2.05) is 136 Å². The van der Waals surface area contributed by atoms with E-state index < -0.39 is 85.6 Å². The fourth-order valence-electron chi connectivity index (χ4n) is 8.22. The van der Waals surface area contributed by atoms with Gasteiger partial charge >= 0.3 is 0 Å². The highest BCUT2D eigenvalue weighted by Crippen LogP contribution is 2.46. The lowest BCUT2D eigenvalue weighted by Gasteiger charge is -2.27. The molecule has 0 bridgehead atoms. The zero-order valence-corrected chi connectivity index (χ0v) is 35.5. The normalized spacial score (nSPS) is 17.5. The van der Waals surface area contributed by atoms with Crippen LogP contribution >= 0.6 is 0 Å². The van der Waals surface area contributed by atoms with Gasteiger partial charge in [0.2, 0.25) is 0 Å². The number of phenolic OH excluding ortho intramolecular Hbond substituents is 1.